The van der Waals surface area contributed by atoms with Gasteiger partial charge >= 0.3 is 0 Å². The minimum Gasteiger partial charge on any atom is -0.373 e. The van der Waals surface area contributed by atoms with Crippen LogP contribution < -0.4 is 5.32 Å². The third-order valence-electron chi connectivity index (χ3n) is 4.74. The molecule has 1 aromatic carbocycles. The predicted octanol–water partition coefficient (Wildman–Crippen LogP) is 2.53. The number of ether oxygens (including phenoxy) is 1. The average Bonchev–Trinajstić information content (AvgIpc) is 3.16. The molecule has 4 rings (SSSR count). The molecule has 3 heterocycles. The zero-order chi connectivity index (χ0) is 15.4. The van der Waals surface area contributed by atoms with Crippen LogP contribution in [0.4, 0.5) is 5.69 Å². The van der Waals surface area contributed by atoms with Gasteiger partial charge in [0.05, 0.1) is 40.8 Å². The Morgan fingerprint density at radius 2 is 1.73 bits per heavy atom. The number of anilines is 1. The van der Waals surface area contributed by atoms with Gasteiger partial charge in [0.25, 0.3) is 0 Å². The quantitative estimate of drug-likeness (QED) is 0.859. The largest absolute Gasteiger partial charge is 0.373 e. The highest BCUT2D eigenvalue weighted by molar-refractivity contribution is 6.42. The lowest BCUT2D eigenvalue weighted by molar-refractivity contribution is -0.142. The van der Waals surface area contributed by atoms with E-state index in [1.807, 2.05) is 0 Å². The SMILES string of the molecule is O=C1[C@@H]2C3CCC(O3)[C@H]2C(=O)N1CNc1ccc(Cl)c(Cl)c1. The van der Waals surface area contributed by atoms with Gasteiger partial charge in [-0.05, 0) is 31.0 Å². The van der Waals surface area contributed by atoms with E-state index in [4.69, 9.17) is 27.9 Å². The lowest BCUT2D eigenvalue weighted by Crippen LogP contribution is -2.38. The third kappa shape index (κ3) is 2.03. The molecule has 2 bridgehead atoms. The standard InChI is InChI=1S/C15H14Cl2N2O3/c16-8-2-1-7(5-9(8)17)18-6-19-14(20)12-10-3-4-11(22-10)13(12)15(19)21/h1-2,5,10-13,18H,3-4,6H2/t10?,11?,12-,13-/m1/s1. The summed E-state index contributed by atoms with van der Waals surface area (Å²) < 4.78 is 5.70. The number of amides is 2. The number of carbonyl (C=O) groups excluding carboxylic acids is 2. The second kappa shape index (κ2) is 5.11. The van der Waals surface area contributed by atoms with Crippen molar-refractivity contribution in [2.45, 2.75) is 25.0 Å². The van der Waals surface area contributed by atoms with Crippen molar-refractivity contribution in [1.29, 1.82) is 0 Å². The topological polar surface area (TPSA) is 58.6 Å². The van der Waals surface area contributed by atoms with E-state index in [0.29, 0.717) is 15.7 Å². The van der Waals surface area contributed by atoms with E-state index in [-0.39, 0.29) is 42.5 Å². The zero-order valence-electron chi connectivity index (χ0n) is 11.6. The first-order chi connectivity index (χ1) is 10.6. The molecule has 0 radical (unpaired) electrons. The molecular weight excluding hydrogens is 327 g/mol. The first kappa shape index (κ1) is 14.3. The number of fused-ring (bicyclic) bond motifs is 5. The van der Waals surface area contributed by atoms with Crippen LogP contribution in [0, 0.1) is 11.8 Å². The number of nitrogens with zero attached hydrogens (tertiary/aromatic N) is 1. The van der Waals surface area contributed by atoms with Gasteiger partial charge < -0.3 is 10.1 Å². The molecule has 116 valence electrons. The molecular formula is C15H14Cl2N2O3. The summed E-state index contributed by atoms with van der Waals surface area (Å²) in [5, 5.41) is 3.94. The number of imide groups is 1. The Kier molecular flexibility index (Phi) is 3.33. The van der Waals surface area contributed by atoms with E-state index >= 15 is 0 Å². The highest BCUT2D eigenvalue weighted by atomic mass is 35.5. The number of rotatable bonds is 3. The van der Waals surface area contributed by atoms with Gasteiger partial charge in [0.2, 0.25) is 11.8 Å². The fourth-order valence-electron chi connectivity index (χ4n) is 3.71. The van der Waals surface area contributed by atoms with Gasteiger partial charge in [0.15, 0.2) is 0 Å². The van der Waals surface area contributed by atoms with Crippen LogP contribution in [-0.4, -0.2) is 35.6 Å². The number of benzene rings is 1. The molecule has 7 heteroatoms. The smallest absolute Gasteiger partial charge is 0.237 e. The molecule has 4 atom stereocenters. The summed E-state index contributed by atoms with van der Waals surface area (Å²) in [4.78, 5) is 26.2. The van der Waals surface area contributed by atoms with Crippen molar-refractivity contribution in [3.8, 4) is 0 Å². The van der Waals surface area contributed by atoms with Crippen LogP contribution in [0.5, 0.6) is 0 Å². The van der Waals surface area contributed by atoms with E-state index in [1.165, 1.54) is 4.90 Å². The van der Waals surface area contributed by atoms with Crippen molar-refractivity contribution in [2.24, 2.45) is 11.8 Å². The molecule has 0 saturated carbocycles. The molecule has 2 amide bonds. The van der Waals surface area contributed by atoms with Gasteiger partial charge in [-0.2, -0.15) is 0 Å². The number of halogens is 2. The average molecular weight is 341 g/mol. The summed E-state index contributed by atoms with van der Waals surface area (Å²) >= 11 is 11.8. The lowest BCUT2D eigenvalue weighted by atomic mass is 9.81. The predicted molar refractivity (Wildman–Crippen MR) is 81.7 cm³/mol. The molecule has 5 nitrogen and oxygen atoms in total. The van der Waals surface area contributed by atoms with Crippen LogP contribution in [0.1, 0.15) is 12.8 Å². The highest BCUT2D eigenvalue weighted by Gasteiger charge is 2.62. The van der Waals surface area contributed by atoms with E-state index < -0.39 is 0 Å². The first-order valence-corrected chi connectivity index (χ1v) is 8.01. The second-order valence-corrected chi connectivity index (χ2v) is 6.72. The van der Waals surface area contributed by atoms with Gasteiger partial charge in [0, 0.05) is 5.69 Å². The Bertz CT molecular complexity index is 638. The Morgan fingerprint density at radius 1 is 1.09 bits per heavy atom. The summed E-state index contributed by atoms with van der Waals surface area (Å²) in [5.74, 6) is -0.840. The van der Waals surface area contributed by atoms with Crippen LogP contribution in [0.2, 0.25) is 10.0 Å². The zero-order valence-corrected chi connectivity index (χ0v) is 13.1. The first-order valence-electron chi connectivity index (χ1n) is 7.26. The highest BCUT2D eigenvalue weighted by Crippen LogP contribution is 2.48. The normalized spacial score (nSPS) is 32.7. The van der Waals surface area contributed by atoms with E-state index in [2.05, 4.69) is 5.32 Å². The van der Waals surface area contributed by atoms with Crippen molar-refractivity contribution in [2.75, 3.05) is 12.0 Å². The lowest BCUT2D eigenvalue weighted by Gasteiger charge is -2.18. The number of carbonyl (C=O) groups is 2. The molecule has 3 saturated heterocycles. The summed E-state index contributed by atoms with van der Waals surface area (Å²) in [6.45, 7) is 0.141. The van der Waals surface area contributed by atoms with Crippen molar-refractivity contribution in [1.82, 2.24) is 4.90 Å². The second-order valence-electron chi connectivity index (χ2n) is 5.91. The molecule has 3 aliphatic rings. The van der Waals surface area contributed by atoms with Crippen LogP contribution in [-0.2, 0) is 14.3 Å². The van der Waals surface area contributed by atoms with Crippen molar-refractivity contribution >= 4 is 40.7 Å². The molecule has 1 aromatic rings. The fraction of sp³-hybridized carbons (Fsp3) is 0.467. The van der Waals surface area contributed by atoms with Crippen molar-refractivity contribution in [3.63, 3.8) is 0 Å². The van der Waals surface area contributed by atoms with E-state index in [9.17, 15) is 9.59 Å². The fourth-order valence-corrected chi connectivity index (χ4v) is 4.00. The Balaban J connectivity index is 1.48. The van der Waals surface area contributed by atoms with Gasteiger partial charge in [-0.1, -0.05) is 23.2 Å². The number of hydrogen-bond donors (Lipinski definition) is 1. The maximum Gasteiger partial charge on any atom is 0.237 e. The molecule has 3 aliphatic heterocycles. The number of likely N-dealkylation sites (tertiary alicyclic amines) is 1. The maximum atomic E-state index is 12.5. The molecule has 0 spiro atoms. The maximum absolute atomic E-state index is 12.5. The van der Waals surface area contributed by atoms with Gasteiger partial charge in [-0.25, -0.2) is 0 Å². The van der Waals surface area contributed by atoms with Crippen molar-refractivity contribution < 1.29 is 14.3 Å². The minimum atomic E-state index is -0.290. The molecule has 2 unspecified atom stereocenters. The Labute approximate surface area is 137 Å². The van der Waals surface area contributed by atoms with Gasteiger partial charge in [-0.15, -0.1) is 0 Å². The summed E-state index contributed by atoms with van der Waals surface area (Å²) in [7, 11) is 0. The van der Waals surface area contributed by atoms with Crippen molar-refractivity contribution in [3.05, 3.63) is 28.2 Å². The summed E-state index contributed by atoms with van der Waals surface area (Å²) in [6.07, 6.45) is 1.58. The van der Waals surface area contributed by atoms with E-state index in [0.717, 1.165) is 12.8 Å². The third-order valence-corrected chi connectivity index (χ3v) is 5.48. The molecule has 0 aliphatic carbocycles. The van der Waals surface area contributed by atoms with E-state index in [1.54, 1.807) is 18.2 Å². The molecule has 0 aromatic heterocycles. The van der Waals surface area contributed by atoms with Gasteiger partial charge in [0.1, 0.15) is 0 Å². The van der Waals surface area contributed by atoms with Crippen LogP contribution in [0.3, 0.4) is 0 Å². The molecule has 1 N–H and O–H groups in total. The molecule has 3 fully saturated rings. The molecule has 22 heavy (non-hydrogen) atoms. The summed E-state index contributed by atoms with van der Waals surface area (Å²) in [5.41, 5.74) is 0.714. The minimum absolute atomic E-state index is 0.0820. The van der Waals surface area contributed by atoms with Gasteiger partial charge in [-0.3, -0.25) is 14.5 Å². The van der Waals surface area contributed by atoms with Crippen LogP contribution in [0.25, 0.3) is 0 Å². The Morgan fingerprint density at radius 3 is 2.32 bits per heavy atom. The number of nitrogens with one attached hydrogen (secondary N) is 1. The van der Waals surface area contributed by atoms with Crippen LogP contribution >= 0.6 is 23.2 Å². The van der Waals surface area contributed by atoms with Crippen LogP contribution in [0.15, 0.2) is 18.2 Å². The number of hydrogen-bond acceptors (Lipinski definition) is 4. The summed E-state index contributed by atoms with van der Waals surface area (Å²) in [6, 6.07) is 5.10. The Hall–Kier alpha value is -1.30. The monoisotopic (exact) mass is 340 g/mol.